The Balaban J connectivity index is 1.69. The van der Waals surface area contributed by atoms with Gasteiger partial charge in [-0.15, -0.1) is 0 Å². The van der Waals surface area contributed by atoms with Crippen molar-refractivity contribution in [3.8, 4) is 0 Å². The molecule has 1 aromatic heterocycles. The molecule has 1 aromatic rings. The summed E-state index contributed by atoms with van der Waals surface area (Å²) in [7, 11) is 0. The Morgan fingerprint density at radius 1 is 1.69 bits per heavy atom. The summed E-state index contributed by atoms with van der Waals surface area (Å²) in [5.41, 5.74) is 0.319. The van der Waals surface area contributed by atoms with Gasteiger partial charge in [0.05, 0.1) is 19.8 Å². The predicted molar refractivity (Wildman–Crippen MR) is 47.0 cm³/mol. The Morgan fingerprint density at radius 2 is 2.54 bits per heavy atom. The van der Waals surface area contributed by atoms with Crippen molar-refractivity contribution in [3.05, 3.63) is 12.2 Å². The van der Waals surface area contributed by atoms with Crippen molar-refractivity contribution in [1.29, 1.82) is 0 Å². The first-order valence-corrected chi connectivity index (χ1v) is 4.41. The van der Waals surface area contributed by atoms with Gasteiger partial charge >= 0.3 is 0 Å². The minimum atomic E-state index is 0.319. The molecule has 0 saturated carbocycles. The number of hydrogen-bond donors (Lipinski definition) is 2. The topological polar surface area (TPSA) is 62.8 Å². The largest absolute Gasteiger partial charge is 0.380 e. The molecule has 5 nitrogen and oxygen atoms in total. The lowest BCUT2D eigenvalue weighted by atomic mass is 9.89. The molecule has 1 aliphatic heterocycles. The first-order valence-electron chi connectivity index (χ1n) is 4.41. The first-order chi connectivity index (χ1) is 6.29. The summed E-state index contributed by atoms with van der Waals surface area (Å²) < 4.78 is 5.15. The molecule has 0 atom stereocenters. The SMILES string of the molecule is CC1(CNCc2ncn[nH]2)COC1. The molecule has 1 saturated heterocycles. The van der Waals surface area contributed by atoms with E-state index in [4.69, 9.17) is 4.74 Å². The average molecular weight is 182 g/mol. The van der Waals surface area contributed by atoms with Gasteiger partial charge in [0.1, 0.15) is 12.2 Å². The van der Waals surface area contributed by atoms with Gasteiger partial charge in [-0.1, -0.05) is 6.92 Å². The maximum Gasteiger partial charge on any atom is 0.138 e. The second kappa shape index (κ2) is 3.43. The summed E-state index contributed by atoms with van der Waals surface area (Å²) in [5, 5.41) is 9.89. The van der Waals surface area contributed by atoms with E-state index in [0.717, 1.165) is 32.1 Å². The van der Waals surface area contributed by atoms with Crippen molar-refractivity contribution >= 4 is 0 Å². The van der Waals surface area contributed by atoms with Crippen LogP contribution in [0.1, 0.15) is 12.7 Å². The normalized spacial score (nSPS) is 19.8. The monoisotopic (exact) mass is 182 g/mol. The van der Waals surface area contributed by atoms with E-state index in [0.29, 0.717) is 5.41 Å². The Kier molecular flexibility index (Phi) is 2.28. The van der Waals surface area contributed by atoms with Gasteiger partial charge in [-0.05, 0) is 0 Å². The molecule has 0 aliphatic carbocycles. The summed E-state index contributed by atoms with van der Waals surface area (Å²) in [6.45, 7) is 5.64. The van der Waals surface area contributed by atoms with Crippen LogP contribution >= 0.6 is 0 Å². The molecule has 72 valence electrons. The summed E-state index contributed by atoms with van der Waals surface area (Å²) in [6, 6.07) is 0. The number of H-pyrrole nitrogens is 1. The highest BCUT2D eigenvalue weighted by molar-refractivity contribution is 4.85. The maximum absolute atomic E-state index is 5.15. The van der Waals surface area contributed by atoms with Crippen molar-refractivity contribution in [3.63, 3.8) is 0 Å². The molecule has 1 aliphatic rings. The quantitative estimate of drug-likeness (QED) is 0.684. The first kappa shape index (κ1) is 8.65. The number of ether oxygens (including phenoxy) is 1. The van der Waals surface area contributed by atoms with Crippen LogP contribution in [0.25, 0.3) is 0 Å². The minimum absolute atomic E-state index is 0.319. The van der Waals surface area contributed by atoms with Gasteiger partial charge in [0, 0.05) is 12.0 Å². The fraction of sp³-hybridized carbons (Fsp3) is 0.750. The molecule has 0 bridgehead atoms. The van der Waals surface area contributed by atoms with E-state index in [-0.39, 0.29) is 0 Å². The van der Waals surface area contributed by atoms with E-state index >= 15 is 0 Å². The molecule has 0 aromatic carbocycles. The zero-order valence-corrected chi connectivity index (χ0v) is 7.71. The Morgan fingerprint density at radius 3 is 3.08 bits per heavy atom. The number of nitrogens with one attached hydrogen (secondary N) is 2. The fourth-order valence-corrected chi connectivity index (χ4v) is 1.35. The van der Waals surface area contributed by atoms with Crippen LogP contribution in [0.3, 0.4) is 0 Å². The smallest absolute Gasteiger partial charge is 0.138 e. The molecule has 5 heteroatoms. The molecule has 2 rings (SSSR count). The van der Waals surface area contributed by atoms with Crippen molar-refractivity contribution in [2.24, 2.45) is 5.41 Å². The van der Waals surface area contributed by atoms with E-state index in [1.54, 1.807) is 0 Å². The van der Waals surface area contributed by atoms with E-state index in [1.807, 2.05) is 0 Å². The molecule has 2 N–H and O–H groups in total. The molecule has 0 unspecified atom stereocenters. The van der Waals surface area contributed by atoms with Crippen molar-refractivity contribution in [2.45, 2.75) is 13.5 Å². The predicted octanol–water partition coefficient (Wildman–Crippen LogP) is -0.0692. The third-order valence-corrected chi connectivity index (χ3v) is 2.21. The number of nitrogens with zero attached hydrogens (tertiary/aromatic N) is 2. The van der Waals surface area contributed by atoms with Crippen molar-refractivity contribution < 1.29 is 4.74 Å². The molecule has 0 amide bonds. The van der Waals surface area contributed by atoms with Gasteiger partial charge in [-0.25, -0.2) is 4.98 Å². The van der Waals surface area contributed by atoms with Gasteiger partial charge in [0.15, 0.2) is 0 Å². The Labute approximate surface area is 76.9 Å². The highest BCUT2D eigenvalue weighted by Crippen LogP contribution is 2.24. The molecular formula is C8H14N4O. The highest BCUT2D eigenvalue weighted by Gasteiger charge is 2.32. The lowest BCUT2D eigenvalue weighted by Gasteiger charge is -2.38. The summed E-state index contributed by atoms with van der Waals surface area (Å²) >= 11 is 0. The van der Waals surface area contributed by atoms with E-state index in [1.165, 1.54) is 6.33 Å². The molecular weight excluding hydrogens is 168 g/mol. The van der Waals surface area contributed by atoms with Gasteiger partial charge in [0.25, 0.3) is 0 Å². The Hall–Kier alpha value is -0.940. The van der Waals surface area contributed by atoms with Crippen LogP contribution in [0, 0.1) is 5.41 Å². The van der Waals surface area contributed by atoms with Crippen LogP contribution in [0.5, 0.6) is 0 Å². The number of hydrogen-bond acceptors (Lipinski definition) is 4. The third-order valence-electron chi connectivity index (χ3n) is 2.21. The van der Waals surface area contributed by atoms with Crippen LogP contribution in [0.2, 0.25) is 0 Å². The number of aromatic nitrogens is 3. The van der Waals surface area contributed by atoms with Gasteiger partial charge in [0.2, 0.25) is 0 Å². The molecule has 13 heavy (non-hydrogen) atoms. The minimum Gasteiger partial charge on any atom is -0.380 e. The van der Waals surface area contributed by atoms with Gasteiger partial charge < -0.3 is 10.1 Å². The van der Waals surface area contributed by atoms with Gasteiger partial charge in [-0.2, -0.15) is 5.10 Å². The average Bonchev–Trinajstić information content (AvgIpc) is 2.54. The summed E-state index contributed by atoms with van der Waals surface area (Å²) in [6.07, 6.45) is 1.52. The molecule has 0 radical (unpaired) electrons. The number of aromatic amines is 1. The molecule has 1 fully saturated rings. The van der Waals surface area contributed by atoms with E-state index in [9.17, 15) is 0 Å². The lowest BCUT2D eigenvalue weighted by Crippen LogP contribution is -2.47. The molecule has 0 spiro atoms. The second-order valence-corrected chi connectivity index (χ2v) is 3.84. The zero-order valence-electron chi connectivity index (χ0n) is 7.71. The second-order valence-electron chi connectivity index (χ2n) is 3.84. The molecule has 2 heterocycles. The Bertz CT molecular complexity index is 255. The highest BCUT2D eigenvalue weighted by atomic mass is 16.5. The van der Waals surface area contributed by atoms with E-state index in [2.05, 4.69) is 27.4 Å². The van der Waals surface area contributed by atoms with Crippen LogP contribution in [-0.4, -0.2) is 34.9 Å². The lowest BCUT2D eigenvalue weighted by molar-refractivity contribution is -0.0992. The van der Waals surface area contributed by atoms with Crippen LogP contribution < -0.4 is 5.32 Å². The van der Waals surface area contributed by atoms with Crippen molar-refractivity contribution in [1.82, 2.24) is 20.5 Å². The summed E-state index contributed by atoms with van der Waals surface area (Å²) in [4.78, 5) is 4.02. The summed E-state index contributed by atoms with van der Waals surface area (Å²) in [5.74, 6) is 0.879. The van der Waals surface area contributed by atoms with Gasteiger partial charge in [-0.3, -0.25) is 5.10 Å². The van der Waals surface area contributed by atoms with Crippen LogP contribution in [0.15, 0.2) is 6.33 Å². The van der Waals surface area contributed by atoms with Crippen LogP contribution in [0.4, 0.5) is 0 Å². The van der Waals surface area contributed by atoms with Crippen molar-refractivity contribution in [2.75, 3.05) is 19.8 Å². The van der Waals surface area contributed by atoms with Crippen LogP contribution in [-0.2, 0) is 11.3 Å². The number of rotatable bonds is 4. The zero-order chi connectivity index (χ0) is 9.15. The fourth-order valence-electron chi connectivity index (χ4n) is 1.35. The third kappa shape index (κ3) is 2.05. The maximum atomic E-state index is 5.15. The standard InChI is InChI=1S/C8H14N4O/c1-8(4-13-5-8)3-9-2-7-10-6-11-12-7/h6,9H,2-5H2,1H3,(H,10,11,12). The van der Waals surface area contributed by atoms with E-state index < -0.39 is 0 Å².